The first-order valence-electron chi connectivity index (χ1n) is 4.87. The minimum Gasteiger partial charge on any atom is -0.549 e. The van der Waals surface area contributed by atoms with Crippen LogP contribution in [0.3, 0.4) is 0 Å². The predicted molar refractivity (Wildman–Crippen MR) is 49.3 cm³/mol. The van der Waals surface area contributed by atoms with Crippen molar-refractivity contribution in [1.29, 1.82) is 0 Å². The van der Waals surface area contributed by atoms with Crippen molar-refractivity contribution in [3.8, 4) is 0 Å². The number of hydrogen-bond donors (Lipinski definition) is 2. The van der Waals surface area contributed by atoms with E-state index in [4.69, 9.17) is 11.5 Å². The minimum absolute atomic E-state index is 0. The summed E-state index contributed by atoms with van der Waals surface area (Å²) in [5.41, 5.74) is 7.99. The second-order valence-corrected chi connectivity index (χ2v) is 3.58. The van der Waals surface area contributed by atoms with Crippen LogP contribution in [0.25, 0.3) is 0 Å². The number of carboxylic acids is 2. The van der Waals surface area contributed by atoms with Crippen LogP contribution in [0.4, 0.5) is 4.39 Å². The van der Waals surface area contributed by atoms with Gasteiger partial charge in [-0.15, -0.1) is 0 Å². The average Bonchev–Trinajstić information content (AvgIpc) is 2.14. The maximum Gasteiger partial charge on any atom is 2.00 e. The standard InChI is InChI=1S/C6H8O4.C3H9FN2.Pt/c7-4(8)6(5(9)10)2-1-3-6;4-3(1-5)2-6;/h1-3H2,(H,7,8)(H,9,10);3H,1-2,5-6H2;/q;;+2/p-2. The van der Waals surface area contributed by atoms with Gasteiger partial charge in [-0.1, -0.05) is 6.42 Å². The van der Waals surface area contributed by atoms with Crippen molar-refractivity contribution in [2.45, 2.75) is 25.4 Å². The number of alkyl halides is 1. The summed E-state index contributed by atoms with van der Waals surface area (Å²) in [4.78, 5) is 20.4. The smallest absolute Gasteiger partial charge is 0.549 e. The maximum absolute atomic E-state index is 11.6. The third-order valence-corrected chi connectivity index (χ3v) is 2.50. The molecule has 0 aliphatic heterocycles. The van der Waals surface area contributed by atoms with Crippen LogP contribution in [0.5, 0.6) is 0 Å². The third-order valence-electron chi connectivity index (χ3n) is 2.50. The molecule has 0 amide bonds. The molecule has 0 atom stereocenters. The van der Waals surface area contributed by atoms with Gasteiger partial charge in [0.05, 0.1) is 11.9 Å². The molecule has 0 bridgehead atoms. The first-order chi connectivity index (χ1) is 7.40. The van der Waals surface area contributed by atoms with E-state index in [0.717, 1.165) is 0 Å². The Morgan fingerprint density at radius 2 is 1.53 bits per heavy atom. The Morgan fingerprint density at radius 3 is 1.53 bits per heavy atom. The summed E-state index contributed by atoms with van der Waals surface area (Å²) < 4.78 is 11.6. The number of carboxylic acid groups (broad SMARTS) is 2. The molecule has 0 aromatic carbocycles. The topological polar surface area (TPSA) is 132 Å². The van der Waals surface area contributed by atoms with Crippen LogP contribution in [-0.2, 0) is 30.7 Å². The third kappa shape index (κ3) is 5.10. The minimum atomic E-state index is -1.67. The molecule has 6 nitrogen and oxygen atoms in total. The van der Waals surface area contributed by atoms with E-state index < -0.39 is 23.5 Å². The van der Waals surface area contributed by atoms with Crippen molar-refractivity contribution >= 4 is 11.9 Å². The SMILES string of the molecule is NCC(F)CN.O=C([O-])C1(C(=O)[O-])CCC1.[Pt+2]. The molecule has 1 aliphatic rings. The Bertz CT molecular complexity index is 241. The van der Waals surface area contributed by atoms with Gasteiger partial charge in [0, 0.05) is 18.5 Å². The fraction of sp³-hybridized carbons (Fsp3) is 0.778. The Labute approximate surface area is 113 Å². The molecule has 1 fully saturated rings. The number of carbonyl (C=O) groups excluding carboxylic acids is 2. The van der Waals surface area contributed by atoms with Gasteiger partial charge in [0.15, 0.2) is 0 Å². The van der Waals surface area contributed by atoms with Crippen LogP contribution in [0.15, 0.2) is 0 Å². The van der Waals surface area contributed by atoms with Crippen LogP contribution in [-0.4, -0.2) is 31.2 Å². The van der Waals surface area contributed by atoms with E-state index in [9.17, 15) is 24.2 Å². The summed E-state index contributed by atoms with van der Waals surface area (Å²) in [5, 5.41) is 20.4. The number of nitrogens with two attached hydrogens (primary N) is 2. The summed E-state index contributed by atoms with van der Waals surface area (Å²) in [6.45, 7) is 0.0764. The number of carbonyl (C=O) groups is 2. The Kier molecular flexibility index (Phi) is 9.47. The molecule has 0 spiro atoms. The summed E-state index contributed by atoms with van der Waals surface area (Å²) in [5.74, 6) is -3.03. The van der Waals surface area contributed by atoms with Gasteiger partial charge in [-0.25, -0.2) is 4.39 Å². The maximum atomic E-state index is 11.6. The molecule has 1 aliphatic carbocycles. The van der Waals surface area contributed by atoms with Crippen molar-refractivity contribution in [1.82, 2.24) is 0 Å². The normalized spacial score (nSPS) is 16.0. The number of hydrogen-bond acceptors (Lipinski definition) is 6. The number of halogens is 1. The Hall–Kier alpha value is -0.522. The van der Waals surface area contributed by atoms with E-state index in [1.165, 1.54) is 0 Å². The molecule has 17 heavy (non-hydrogen) atoms. The van der Waals surface area contributed by atoms with Gasteiger partial charge in [0.2, 0.25) is 0 Å². The van der Waals surface area contributed by atoms with Crippen molar-refractivity contribution in [2.75, 3.05) is 13.1 Å². The number of rotatable bonds is 4. The second-order valence-electron chi connectivity index (χ2n) is 3.58. The van der Waals surface area contributed by atoms with Crippen LogP contribution in [0.2, 0.25) is 0 Å². The molecule has 0 saturated heterocycles. The monoisotopic (exact) mass is 429 g/mol. The summed E-state index contributed by atoms with van der Waals surface area (Å²) in [7, 11) is 0. The molecule has 0 unspecified atom stereocenters. The van der Waals surface area contributed by atoms with Crippen molar-refractivity contribution < 1.29 is 45.3 Å². The van der Waals surface area contributed by atoms with Gasteiger partial charge in [0.1, 0.15) is 6.17 Å². The van der Waals surface area contributed by atoms with Gasteiger partial charge in [-0.2, -0.15) is 0 Å². The largest absolute Gasteiger partial charge is 2.00 e. The van der Waals surface area contributed by atoms with Crippen molar-refractivity contribution in [3.63, 3.8) is 0 Å². The predicted octanol–water partition coefficient (Wildman–Crippen LogP) is -3.10. The fourth-order valence-corrected chi connectivity index (χ4v) is 1.12. The van der Waals surface area contributed by atoms with E-state index in [2.05, 4.69) is 0 Å². The van der Waals surface area contributed by atoms with Crippen molar-refractivity contribution in [3.05, 3.63) is 0 Å². The van der Waals surface area contributed by atoms with E-state index in [0.29, 0.717) is 6.42 Å². The zero-order valence-corrected chi connectivity index (χ0v) is 11.4. The molecular weight excluding hydrogens is 414 g/mol. The van der Waals surface area contributed by atoms with Gasteiger partial charge in [-0.3, -0.25) is 0 Å². The molecule has 8 heteroatoms. The van der Waals surface area contributed by atoms with Crippen LogP contribution in [0, 0.1) is 5.41 Å². The Balaban J connectivity index is 0. The molecule has 0 aromatic rings. The van der Waals surface area contributed by atoms with E-state index in [-0.39, 0.29) is 47.0 Å². The van der Waals surface area contributed by atoms with Crippen molar-refractivity contribution in [2.24, 2.45) is 16.9 Å². The zero-order chi connectivity index (χ0) is 12.8. The molecule has 0 heterocycles. The first-order valence-corrected chi connectivity index (χ1v) is 4.87. The molecule has 0 aromatic heterocycles. The molecule has 1 rings (SSSR count). The molecular formula is C9H15FN2O4Pt. The summed E-state index contributed by atoms with van der Waals surface area (Å²) in [6, 6.07) is 0. The average molecular weight is 429 g/mol. The van der Waals surface area contributed by atoms with Gasteiger partial charge in [-0.05, 0) is 12.8 Å². The molecule has 102 valence electrons. The Morgan fingerprint density at radius 1 is 1.18 bits per heavy atom. The molecule has 0 radical (unpaired) electrons. The fourth-order valence-electron chi connectivity index (χ4n) is 1.12. The molecule has 1 saturated carbocycles. The van der Waals surface area contributed by atoms with Crippen LogP contribution >= 0.6 is 0 Å². The van der Waals surface area contributed by atoms with Gasteiger partial charge >= 0.3 is 21.1 Å². The van der Waals surface area contributed by atoms with Gasteiger partial charge in [0.25, 0.3) is 0 Å². The number of aliphatic carboxylic acids is 2. The molecule has 4 N–H and O–H groups in total. The van der Waals surface area contributed by atoms with Crippen LogP contribution < -0.4 is 21.7 Å². The van der Waals surface area contributed by atoms with Gasteiger partial charge < -0.3 is 31.3 Å². The summed E-state index contributed by atoms with van der Waals surface area (Å²) in [6.07, 6.45) is -0.0814. The van der Waals surface area contributed by atoms with Crippen LogP contribution in [0.1, 0.15) is 19.3 Å². The van der Waals surface area contributed by atoms with E-state index in [1.807, 2.05) is 0 Å². The zero-order valence-electron chi connectivity index (χ0n) is 9.09. The quantitative estimate of drug-likeness (QED) is 0.455. The van der Waals surface area contributed by atoms with E-state index in [1.54, 1.807) is 0 Å². The summed E-state index contributed by atoms with van der Waals surface area (Å²) >= 11 is 0. The first kappa shape index (κ1) is 18.8. The van der Waals surface area contributed by atoms with E-state index >= 15 is 0 Å². The second kappa shape index (κ2) is 8.55.